The smallest absolute Gasteiger partial charge is 0.0730 e. The van der Waals surface area contributed by atoms with Gasteiger partial charge in [-0.3, -0.25) is 0 Å². The first-order valence-electron chi connectivity index (χ1n) is 12.0. The largest absolute Gasteiger partial charge is 0.375 e. The van der Waals surface area contributed by atoms with Gasteiger partial charge in [0.05, 0.1) is 16.7 Å². The van der Waals surface area contributed by atoms with Crippen LogP contribution in [0.15, 0.2) is 72.8 Å². The van der Waals surface area contributed by atoms with Crippen molar-refractivity contribution in [3.63, 3.8) is 0 Å². The first-order chi connectivity index (χ1) is 15.7. The summed E-state index contributed by atoms with van der Waals surface area (Å²) in [6.07, 6.45) is 8.00. The zero-order valence-corrected chi connectivity index (χ0v) is 19.7. The summed E-state index contributed by atoms with van der Waals surface area (Å²) in [7, 11) is 4.36. The quantitative estimate of drug-likeness (QED) is 0.190. The van der Waals surface area contributed by atoms with Crippen LogP contribution in [0.3, 0.4) is 0 Å². The van der Waals surface area contributed by atoms with Crippen molar-refractivity contribution in [3.8, 4) is 0 Å². The van der Waals surface area contributed by atoms with Gasteiger partial charge in [0.25, 0.3) is 0 Å². The molecule has 0 aliphatic carbocycles. The lowest BCUT2D eigenvalue weighted by Crippen LogP contribution is -2.18. The summed E-state index contributed by atoms with van der Waals surface area (Å²) in [5.74, 6) is 0. The first-order valence-corrected chi connectivity index (χ1v) is 12.0. The predicted molar refractivity (Wildman–Crippen MR) is 140 cm³/mol. The monoisotopic (exact) mass is 425 g/mol. The number of hydrogen-bond acceptors (Lipinski definition) is 3. The van der Waals surface area contributed by atoms with E-state index in [1.54, 1.807) is 0 Å². The molecule has 0 atom stereocenters. The van der Waals surface area contributed by atoms with E-state index in [1.807, 2.05) is 0 Å². The maximum absolute atomic E-state index is 4.87. The topological polar surface area (TPSA) is 19.4 Å². The number of para-hydroxylation sites is 2. The van der Waals surface area contributed by atoms with E-state index in [0.29, 0.717) is 0 Å². The Kier molecular flexibility index (Phi) is 7.26. The van der Waals surface area contributed by atoms with E-state index in [0.717, 1.165) is 17.6 Å². The number of pyridine rings is 1. The van der Waals surface area contributed by atoms with Gasteiger partial charge in [0, 0.05) is 42.8 Å². The third kappa shape index (κ3) is 4.88. The molecule has 0 saturated carbocycles. The molecule has 4 aromatic rings. The molecule has 0 aliphatic rings. The zero-order chi connectivity index (χ0) is 22.3. The first kappa shape index (κ1) is 22.1. The second-order valence-electron chi connectivity index (χ2n) is 8.76. The molecule has 0 unspecified atom stereocenters. The molecule has 166 valence electrons. The van der Waals surface area contributed by atoms with Gasteiger partial charge >= 0.3 is 0 Å². The summed E-state index contributed by atoms with van der Waals surface area (Å²) in [5.41, 5.74) is 5.73. The Balaban J connectivity index is 1.53. The number of benzene rings is 3. The normalized spacial score (nSPS) is 11.2. The van der Waals surface area contributed by atoms with E-state index in [4.69, 9.17) is 4.98 Å². The van der Waals surface area contributed by atoms with Crippen LogP contribution in [0.4, 0.5) is 17.1 Å². The number of rotatable bonds is 10. The summed E-state index contributed by atoms with van der Waals surface area (Å²) in [5, 5.41) is 2.36. The van der Waals surface area contributed by atoms with E-state index < -0.39 is 0 Å². The molecule has 0 saturated heterocycles. The fourth-order valence-electron chi connectivity index (χ4n) is 4.50. The van der Waals surface area contributed by atoms with Crippen molar-refractivity contribution < 1.29 is 0 Å². The van der Waals surface area contributed by atoms with Crippen LogP contribution in [0.25, 0.3) is 21.8 Å². The standard InChI is InChI=1S/C29H35N3/c1-4-5-6-7-8-13-22-31(2)23-18-20-24(21-19-23)32(3)29-25-14-9-11-16-27(25)30-28-17-12-10-15-26(28)29/h9-12,14-21H,4-8,13,22H2,1-3H3. The minimum atomic E-state index is 1.03. The molecule has 1 heterocycles. The third-order valence-corrected chi connectivity index (χ3v) is 6.42. The Morgan fingerprint density at radius 1 is 0.625 bits per heavy atom. The SMILES string of the molecule is CCCCCCCCN(C)c1ccc(N(C)c2c3ccccc3nc3ccccc23)cc1. The fraction of sp³-hybridized carbons (Fsp3) is 0.345. The van der Waals surface area contributed by atoms with Gasteiger partial charge in [0.15, 0.2) is 0 Å². The van der Waals surface area contributed by atoms with Gasteiger partial charge in [0.1, 0.15) is 0 Å². The Labute approximate surface area is 192 Å². The molecule has 4 rings (SSSR count). The van der Waals surface area contributed by atoms with E-state index in [1.165, 1.54) is 66.4 Å². The van der Waals surface area contributed by atoms with Crippen molar-refractivity contribution in [2.24, 2.45) is 0 Å². The van der Waals surface area contributed by atoms with Crippen molar-refractivity contribution >= 4 is 38.9 Å². The van der Waals surface area contributed by atoms with Crippen LogP contribution in [-0.4, -0.2) is 25.6 Å². The van der Waals surface area contributed by atoms with Crippen molar-refractivity contribution in [2.45, 2.75) is 45.4 Å². The number of aromatic nitrogens is 1. The minimum absolute atomic E-state index is 1.03. The van der Waals surface area contributed by atoms with Crippen LogP contribution in [0, 0.1) is 0 Å². The van der Waals surface area contributed by atoms with Crippen LogP contribution in [-0.2, 0) is 0 Å². The predicted octanol–water partition coefficient (Wildman–Crippen LogP) is 7.95. The highest BCUT2D eigenvalue weighted by atomic mass is 15.1. The van der Waals surface area contributed by atoms with Gasteiger partial charge in [-0.1, -0.05) is 75.4 Å². The molecule has 0 radical (unpaired) electrons. The molecule has 0 bridgehead atoms. The van der Waals surface area contributed by atoms with Gasteiger partial charge in [-0.2, -0.15) is 0 Å². The molecule has 3 heteroatoms. The molecule has 0 spiro atoms. The molecule has 0 fully saturated rings. The van der Waals surface area contributed by atoms with Gasteiger partial charge < -0.3 is 9.80 Å². The zero-order valence-electron chi connectivity index (χ0n) is 19.7. The molecule has 3 nitrogen and oxygen atoms in total. The van der Waals surface area contributed by atoms with Crippen LogP contribution >= 0.6 is 0 Å². The molecular formula is C29H35N3. The third-order valence-electron chi connectivity index (χ3n) is 6.42. The Morgan fingerprint density at radius 2 is 1.16 bits per heavy atom. The summed E-state index contributed by atoms with van der Waals surface area (Å²) >= 11 is 0. The van der Waals surface area contributed by atoms with Crippen molar-refractivity contribution in [1.82, 2.24) is 4.98 Å². The number of anilines is 3. The van der Waals surface area contributed by atoms with E-state index in [9.17, 15) is 0 Å². The molecule has 0 amide bonds. The highest BCUT2D eigenvalue weighted by molar-refractivity contribution is 6.09. The number of nitrogens with zero attached hydrogens (tertiary/aromatic N) is 3. The van der Waals surface area contributed by atoms with Crippen molar-refractivity contribution in [2.75, 3.05) is 30.4 Å². The highest BCUT2D eigenvalue weighted by Gasteiger charge is 2.14. The second-order valence-corrected chi connectivity index (χ2v) is 8.76. The minimum Gasteiger partial charge on any atom is -0.375 e. The lowest BCUT2D eigenvalue weighted by molar-refractivity contribution is 0.606. The van der Waals surface area contributed by atoms with Crippen LogP contribution < -0.4 is 9.80 Å². The van der Waals surface area contributed by atoms with Crippen molar-refractivity contribution in [1.29, 1.82) is 0 Å². The van der Waals surface area contributed by atoms with Crippen LogP contribution in [0.1, 0.15) is 45.4 Å². The molecule has 3 aromatic carbocycles. The molecular weight excluding hydrogens is 390 g/mol. The second kappa shape index (κ2) is 10.5. The molecule has 32 heavy (non-hydrogen) atoms. The summed E-state index contributed by atoms with van der Waals surface area (Å²) < 4.78 is 0. The lowest BCUT2D eigenvalue weighted by Gasteiger charge is -2.25. The summed E-state index contributed by atoms with van der Waals surface area (Å²) in [6, 6.07) is 25.8. The van der Waals surface area contributed by atoms with E-state index >= 15 is 0 Å². The van der Waals surface area contributed by atoms with Crippen molar-refractivity contribution in [3.05, 3.63) is 72.8 Å². The molecule has 0 aliphatic heterocycles. The van der Waals surface area contributed by atoms with Gasteiger partial charge in [-0.05, 0) is 42.8 Å². The van der Waals surface area contributed by atoms with E-state index in [-0.39, 0.29) is 0 Å². The fourth-order valence-corrected chi connectivity index (χ4v) is 4.50. The summed E-state index contributed by atoms with van der Waals surface area (Å²) in [4.78, 5) is 9.54. The Hall–Kier alpha value is -3.07. The Morgan fingerprint density at radius 3 is 1.78 bits per heavy atom. The average molecular weight is 426 g/mol. The maximum Gasteiger partial charge on any atom is 0.0730 e. The highest BCUT2D eigenvalue weighted by Crippen LogP contribution is 2.37. The van der Waals surface area contributed by atoms with Crippen LogP contribution in [0.5, 0.6) is 0 Å². The molecule has 0 N–H and O–H groups in total. The number of unbranched alkanes of at least 4 members (excludes halogenated alkanes) is 5. The molecule has 1 aromatic heterocycles. The van der Waals surface area contributed by atoms with Gasteiger partial charge in [-0.15, -0.1) is 0 Å². The van der Waals surface area contributed by atoms with Gasteiger partial charge in [0.2, 0.25) is 0 Å². The lowest BCUT2D eigenvalue weighted by atomic mass is 10.1. The maximum atomic E-state index is 4.87. The van der Waals surface area contributed by atoms with E-state index in [2.05, 4.69) is 104 Å². The Bertz CT molecular complexity index is 1100. The number of hydrogen-bond donors (Lipinski definition) is 0. The average Bonchev–Trinajstić information content (AvgIpc) is 2.84. The summed E-state index contributed by atoms with van der Waals surface area (Å²) in [6.45, 7) is 3.38. The number of fused-ring (bicyclic) bond motifs is 2. The van der Waals surface area contributed by atoms with Crippen LogP contribution in [0.2, 0.25) is 0 Å². The van der Waals surface area contributed by atoms with Gasteiger partial charge in [-0.25, -0.2) is 4.98 Å².